The Bertz CT molecular complexity index is 329. The fourth-order valence-electron chi connectivity index (χ4n) is 2.69. The van der Waals surface area contributed by atoms with Gasteiger partial charge in [-0.3, -0.25) is 9.59 Å². The lowest BCUT2D eigenvalue weighted by Crippen LogP contribution is -2.44. The van der Waals surface area contributed by atoms with Crippen molar-refractivity contribution in [3.05, 3.63) is 0 Å². The van der Waals surface area contributed by atoms with Crippen molar-refractivity contribution >= 4 is 11.9 Å². The Morgan fingerprint density at radius 2 is 1.95 bits per heavy atom. The molecule has 1 N–H and O–H groups in total. The number of carbonyl (C=O) groups excluding carboxylic acids is 2. The standard InChI is InChI=1S/C15H28N2O3/c1-5-12(6-2)9-17(10-14(18)20-4)15(19)13-8-16-7-11(13)3/h11-13,16H,5-10H2,1-4H3/t11-,13-/m1/s1. The molecule has 1 saturated heterocycles. The smallest absolute Gasteiger partial charge is 0.325 e. The SMILES string of the molecule is CCC(CC)CN(CC(=O)OC)C(=O)[C@@H]1CNC[C@H]1C. The summed E-state index contributed by atoms with van der Waals surface area (Å²) in [5, 5.41) is 3.24. The summed E-state index contributed by atoms with van der Waals surface area (Å²) in [4.78, 5) is 25.9. The van der Waals surface area contributed by atoms with Gasteiger partial charge in [-0.05, 0) is 18.4 Å². The summed E-state index contributed by atoms with van der Waals surface area (Å²) < 4.78 is 4.72. The molecule has 116 valence electrons. The van der Waals surface area contributed by atoms with E-state index in [-0.39, 0.29) is 24.3 Å². The molecule has 5 nitrogen and oxygen atoms in total. The zero-order valence-corrected chi connectivity index (χ0v) is 13.1. The van der Waals surface area contributed by atoms with Gasteiger partial charge in [-0.2, -0.15) is 0 Å². The molecule has 1 fully saturated rings. The lowest BCUT2D eigenvalue weighted by molar-refractivity contribution is -0.149. The molecule has 0 spiro atoms. The van der Waals surface area contributed by atoms with Gasteiger partial charge >= 0.3 is 5.97 Å². The molecule has 1 aliphatic heterocycles. The van der Waals surface area contributed by atoms with Crippen LogP contribution in [0, 0.1) is 17.8 Å². The number of rotatable bonds is 7. The number of nitrogens with zero attached hydrogens (tertiary/aromatic N) is 1. The van der Waals surface area contributed by atoms with Gasteiger partial charge in [0.05, 0.1) is 13.0 Å². The molecule has 0 unspecified atom stereocenters. The van der Waals surface area contributed by atoms with E-state index >= 15 is 0 Å². The number of amides is 1. The van der Waals surface area contributed by atoms with Crippen LogP contribution in [0.1, 0.15) is 33.6 Å². The van der Waals surface area contributed by atoms with E-state index in [1.54, 1.807) is 4.90 Å². The Labute approximate surface area is 122 Å². The lowest BCUT2D eigenvalue weighted by atomic mass is 9.95. The highest BCUT2D eigenvalue weighted by Gasteiger charge is 2.34. The average Bonchev–Trinajstić information content (AvgIpc) is 2.88. The molecule has 0 aromatic heterocycles. The van der Waals surface area contributed by atoms with Crippen LogP contribution in [0.2, 0.25) is 0 Å². The lowest BCUT2D eigenvalue weighted by Gasteiger charge is -2.29. The highest BCUT2D eigenvalue weighted by atomic mass is 16.5. The quantitative estimate of drug-likeness (QED) is 0.716. The fraction of sp³-hybridized carbons (Fsp3) is 0.867. The topological polar surface area (TPSA) is 58.6 Å². The molecule has 2 atom stereocenters. The van der Waals surface area contributed by atoms with Gasteiger partial charge in [0.1, 0.15) is 6.54 Å². The summed E-state index contributed by atoms with van der Waals surface area (Å²) in [6.07, 6.45) is 2.03. The first-order chi connectivity index (χ1) is 9.53. The molecular formula is C15H28N2O3. The molecule has 0 radical (unpaired) electrons. The van der Waals surface area contributed by atoms with Crippen LogP contribution in [0.15, 0.2) is 0 Å². The third kappa shape index (κ3) is 4.47. The predicted molar refractivity (Wildman–Crippen MR) is 78.2 cm³/mol. The molecule has 1 amide bonds. The van der Waals surface area contributed by atoms with Crippen LogP contribution in [-0.2, 0) is 14.3 Å². The van der Waals surface area contributed by atoms with Crippen LogP contribution in [0.5, 0.6) is 0 Å². The molecule has 20 heavy (non-hydrogen) atoms. The van der Waals surface area contributed by atoms with Crippen molar-refractivity contribution in [3.8, 4) is 0 Å². The normalized spacial score (nSPS) is 22.1. The molecule has 0 aromatic rings. The molecular weight excluding hydrogens is 256 g/mol. The van der Waals surface area contributed by atoms with Crippen LogP contribution in [0.25, 0.3) is 0 Å². The molecule has 0 bridgehead atoms. The summed E-state index contributed by atoms with van der Waals surface area (Å²) in [7, 11) is 1.36. The monoisotopic (exact) mass is 284 g/mol. The fourth-order valence-corrected chi connectivity index (χ4v) is 2.69. The van der Waals surface area contributed by atoms with E-state index in [0.29, 0.717) is 24.9 Å². The first-order valence-corrected chi connectivity index (χ1v) is 7.59. The summed E-state index contributed by atoms with van der Waals surface area (Å²) in [5.74, 6) is 0.481. The number of hydrogen-bond acceptors (Lipinski definition) is 4. The Hall–Kier alpha value is -1.10. The van der Waals surface area contributed by atoms with Gasteiger partial charge in [0.2, 0.25) is 5.91 Å². The highest BCUT2D eigenvalue weighted by Crippen LogP contribution is 2.20. The summed E-state index contributed by atoms with van der Waals surface area (Å²) >= 11 is 0. The van der Waals surface area contributed by atoms with Gasteiger partial charge in [-0.15, -0.1) is 0 Å². The summed E-state index contributed by atoms with van der Waals surface area (Å²) in [6.45, 7) is 8.60. The second-order valence-corrected chi connectivity index (χ2v) is 5.72. The number of esters is 1. The third-order valence-electron chi connectivity index (χ3n) is 4.33. The minimum absolute atomic E-state index is 0.0194. The van der Waals surface area contributed by atoms with Crippen molar-refractivity contribution in [1.29, 1.82) is 0 Å². The Morgan fingerprint density at radius 1 is 1.30 bits per heavy atom. The summed E-state index contributed by atoms with van der Waals surface area (Å²) in [5.41, 5.74) is 0. The number of nitrogens with one attached hydrogen (secondary N) is 1. The zero-order chi connectivity index (χ0) is 15.1. The first kappa shape index (κ1) is 17.0. The van der Waals surface area contributed by atoms with Gasteiger partial charge in [-0.1, -0.05) is 33.6 Å². The van der Waals surface area contributed by atoms with Crippen LogP contribution < -0.4 is 5.32 Å². The van der Waals surface area contributed by atoms with E-state index in [1.807, 2.05) is 0 Å². The van der Waals surface area contributed by atoms with Gasteiger partial charge in [0.25, 0.3) is 0 Å². The van der Waals surface area contributed by atoms with Crippen molar-refractivity contribution < 1.29 is 14.3 Å². The Morgan fingerprint density at radius 3 is 2.40 bits per heavy atom. The van der Waals surface area contributed by atoms with Crippen molar-refractivity contribution in [2.45, 2.75) is 33.6 Å². The zero-order valence-electron chi connectivity index (χ0n) is 13.1. The molecule has 0 aliphatic carbocycles. The molecule has 1 aliphatic rings. The second kappa shape index (κ2) is 8.25. The minimum atomic E-state index is -0.345. The molecule has 5 heteroatoms. The molecule has 0 saturated carbocycles. The largest absolute Gasteiger partial charge is 0.468 e. The number of methoxy groups -OCH3 is 1. The van der Waals surface area contributed by atoms with Crippen molar-refractivity contribution in [3.63, 3.8) is 0 Å². The summed E-state index contributed by atoms with van der Waals surface area (Å²) in [6, 6.07) is 0. The Balaban J connectivity index is 2.74. The predicted octanol–water partition coefficient (Wildman–Crippen LogP) is 1.28. The van der Waals surface area contributed by atoms with Crippen molar-refractivity contribution in [2.24, 2.45) is 17.8 Å². The van der Waals surface area contributed by atoms with Gasteiger partial charge in [0, 0.05) is 13.1 Å². The Kier molecular flexibility index (Phi) is 6.99. The van der Waals surface area contributed by atoms with Gasteiger partial charge < -0.3 is 15.0 Å². The minimum Gasteiger partial charge on any atom is -0.468 e. The van der Waals surface area contributed by atoms with Crippen molar-refractivity contribution in [2.75, 3.05) is 33.3 Å². The second-order valence-electron chi connectivity index (χ2n) is 5.72. The van der Waals surface area contributed by atoms with Crippen LogP contribution in [0.4, 0.5) is 0 Å². The average molecular weight is 284 g/mol. The first-order valence-electron chi connectivity index (χ1n) is 7.59. The maximum atomic E-state index is 12.7. The number of hydrogen-bond donors (Lipinski definition) is 1. The number of ether oxygens (including phenoxy) is 1. The van der Waals surface area contributed by atoms with E-state index in [0.717, 1.165) is 19.4 Å². The highest BCUT2D eigenvalue weighted by molar-refractivity contribution is 5.84. The van der Waals surface area contributed by atoms with Gasteiger partial charge in [0.15, 0.2) is 0 Å². The van der Waals surface area contributed by atoms with Crippen LogP contribution >= 0.6 is 0 Å². The maximum absolute atomic E-state index is 12.7. The van der Waals surface area contributed by atoms with E-state index in [4.69, 9.17) is 4.74 Å². The van der Waals surface area contributed by atoms with Crippen molar-refractivity contribution in [1.82, 2.24) is 10.2 Å². The molecule has 0 aromatic carbocycles. The van der Waals surface area contributed by atoms with Crippen LogP contribution in [0.3, 0.4) is 0 Å². The molecule has 1 heterocycles. The third-order valence-corrected chi connectivity index (χ3v) is 4.33. The molecule has 1 rings (SSSR count). The van der Waals surface area contributed by atoms with Gasteiger partial charge in [-0.25, -0.2) is 0 Å². The van der Waals surface area contributed by atoms with Crippen LogP contribution in [-0.4, -0.2) is 50.1 Å². The van der Waals surface area contributed by atoms with E-state index in [9.17, 15) is 9.59 Å². The van der Waals surface area contributed by atoms with E-state index in [1.165, 1.54) is 7.11 Å². The van der Waals surface area contributed by atoms with E-state index in [2.05, 4.69) is 26.1 Å². The van der Waals surface area contributed by atoms with E-state index < -0.39 is 0 Å². The number of carbonyl (C=O) groups is 2. The maximum Gasteiger partial charge on any atom is 0.325 e.